The zero-order chi connectivity index (χ0) is 10.8. The molecule has 0 saturated heterocycles. The fourth-order valence-corrected chi connectivity index (χ4v) is 2.14. The van der Waals surface area contributed by atoms with Gasteiger partial charge < -0.3 is 5.11 Å². The van der Waals surface area contributed by atoms with Gasteiger partial charge in [0, 0.05) is 18.9 Å². The first-order valence-corrected chi connectivity index (χ1v) is 5.14. The van der Waals surface area contributed by atoms with Gasteiger partial charge in [-0.25, -0.2) is 0 Å². The Bertz CT molecular complexity index is 418. The van der Waals surface area contributed by atoms with E-state index >= 15 is 0 Å². The fraction of sp³-hybridized carbons (Fsp3) is 0.308. The van der Waals surface area contributed by atoms with Crippen molar-refractivity contribution in [1.82, 2.24) is 0 Å². The van der Waals surface area contributed by atoms with Gasteiger partial charge in [0.15, 0.2) is 5.78 Å². The van der Waals surface area contributed by atoms with Crippen molar-refractivity contribution >= 4 is 5.78 Å². The highest BCUT2D eigenvalue weighted by Crippen LogP contribution is 2.31. The maximum Gasteiger partial charge on any atom is 0.159 e. The molecule has 2 nitrogen and oxygen atoms in total. The molecule has 0 amide bonds. The van der Waals surface area contributed by atoms with Crippen LogP contribution in [0.1, 0.15) is 29.9 Å². The molecule has 0 radical (unpaired) electrons. The maximum atomic E-state index is 11.3. The molecule has 0 aliphatic heterocycles. The first-order valence-electron chi connectivity index (χ1n) is 5.14. The van der Waals surface area contributed by atoms with Gasteiger partial charge in [0.1, 0.15) is 0 Å². The monoisotopic (exact) mass is 202 g/mol. The van der Waals surface area contributed by atoms with Crippen LogP contribution in [0.5, 0.6) is 0 Å². The molecule has 78 valence electrons. The van der Waals surface area contributed by atoms with Gasteiger partial charge in [-0.1, -0.05) is 24.3 Å². The third kappa shape index (κ3) is 2.09. The van der Waals surface area contributed by atoms with Crippen LogP contribution in [0.3, 0.4) is 0 Å². The minimum Gasteiger partial charge on any atom is -0.512 e. The van der Waals surface area contributed by atoms with Crippen molar-refractivity contribution in [2.75, 3.05) is 0 Å². The summed E-state index contributed by atoms with van der Waals surface area (Å²) < 4.78 is 0. The summed E-state index contributed by atoms with van der Waals surface area (Å²) in [5.74, 6) is 0.371. The van der Waals surface area contributed by atoms with Gasteiger partial charge in [0.2, 0.25) is 0 Å². The van der Waals surface area contributed by atoms with Gasteiger partial charge in [-0.05, 0) is 24.0 Å². The summed E-state index contributed by atoms with van der Waals surface area (Å²) >= 11 is 0. The number of rotatable bonds is 1. The van der Waals surface area contributed by atoms with Crippen molar-refractivity contribution in [1.29, 1.82) is 0 Å². The molecule has 0 saturated carbocycles. The molecule has 0 spiro atoms. The third-order valence-electron chi connectivity index (χ3n) is 2.86. The Hall–Kier alpha value is -1.57. The molecule has 1 aromatic rings. The second-order valence-electron chi connectivity index (χ2n) is 4.06. The number of aliphatic hydroxyl groups excluding tert-OH is 1. The average Bonchev–Trinajstić information content (AvgIpc) is 2.16. The lowest BCUT2D eigenvalue weighted by Crippen LogP contribution is -2.13. The van der Waals surface area contributed by atoms with Crippen molar-refractivity contribution in [3.8, 4) is 0 Å². The summed E-state index contributed by atoms with van der Waals surface area (Å²) in [6, 6.07) is 8.03. The van der Waals surface area contributed by atoms with E-state index in [2.05, 4.69) is 0 Å². The minimum atomic E-state index is 0.0204. The Labute approximate surface area is 89.2 Å². The number of benzene rings is 1. The highest BCUT2D eigenvalue weighted by molar-refractivity contribution is 5.91. The molecule has 1 aromatic carbocycles. The summed E-state index contributed by atoms with van der Waals surface area (Å²) in [5.41, 5.74) is 2.36. The second kappa shape index (κ2) is 3.89. The first kappa shape index (κ1) is 9.97. The lowest BCUT2D eigenvalue weighted by Gasteiger charge is -2.21. The van der Waals surface area contributed by atoms with Crippen LogP contribution in [0.25, 0.3) is 0 Å². The predicted octanol–water partition coefficient (Wildman–Crippen LogP) is 2.88. The lowest BCUT2D eigenvalue weighted by molar-refractivity contribution is -0.115. The molecule has 1 aliphatic rings. The first-order chi connectivity index (χ1) is 7.16. The van der Waals surface area contributed by atoms with Crippen molar-refractivity contribution < 1.29 is 9.90 Å². The predicted molar refractivity (Wildman–Crippen MR) is 58.9 cm³/mol. The highest BCUT2D eigenvalue weighted by atomic mass is 16.3. The maximum absolute atomic E-state index is 11.3. The van der Waals surface area contributed by atoms with Crippen LogP contribution in [0, 0.1) is 6.92 Å². The lowest BCUT2D eigenvalue weighted by atomic mass is 9.84. The Balaban J connectivity index is 2.30. The highest BCUT2D eigenvalue weighted by Gasteiger charge is 2.22. The van der Waals surface area contributed by atoms with Crippen LogP contribution >= 0.6 is 0 Å². The van der Waals surface area contributed by atoms with Gasteiger partial charge in [-0.3, -0.25) is 4.79 Å². The molecule has 15 heavy (non-hydrogen) atoms. The van der Waals surface area contributed by atoms with Crippen molar-refractivity contribution in [2.45, 2.75) is 25.7 Å². The molecule has 1 atom stereocenters. The van der Waals surface area contributed by atoms with Crippen LogP contribution < -0.4 is 0 Å². The van der Waals surface area contributed by atoms with E-state index in [1.165, 1.54) is 17.2 Å². The molecule has 2 rings (SSSR count). The molecule has 1 N–H and O–H groups in total. The van der Waals surface area contributed by atoms with Gasteiger partial charge in [0.05, 0.1) is 5.76 Å². The smallest absolute Gasteiger partial charge is 0.159 e. The van der Waals surface area contributed by atoms with Crippen LogP contribution in [0.2, 0.25) is 0 Å². The number of hydrogen-bond donors (Lipinski definition) is 1. The average molecular weight is 202 g/mol. The van der Waals surface area contributed by atoms with E-state index in [9.17, 15) is 9.90 Å². The molecule has 1 aliphatic carbocycles. The zero-order valence-electron chi connectivity index (χ0n) is 8.73. The van der Waals surface area contributed by atoms with E-state index in [0.717, 1.165) is 0 Å². The second-order valence-corrected chi connectivity index (χ2v) is 4.06. The number of allylic oxidation sites excluding steroid dienone is 2. The van der Waals surface area contributed by atoms with Crippen LogP contribution in [-0.4, -0.2) is 10.9 Å². The Kier molecular flexibility index (Phi) is 2.58. The van der Waals surface area contributed by atoms with E-state index in [0.29, 0.717) is 12.8 Å². The topological polar surface area (TPSA) is 37.3 Å². The van der Waals surface area contributed by atoms with Crippen LogP contribution in [-0.2, 0) is 4.79 Å². The molecular weight excluding hydrogens is 188 g/mol. The number of carbonyl (C=O) groups excluding carboxylic acids is 1. The van der Waals surface area contributed by atoms with Crippen molar-refractivity contribution in [2.24, 2.45) is 0 Å². The summed E-state index contributed by atoms with van der Waals surface area (Å²) in [7, 11) is 0. The molecule has 0 bridgehead atoms. The van der Waals surface area contributed by atoms with Crippen LogP contribution in [0.4, 0.5) is 0 Å². The number of hydrogen-bond acceptors (Lipinski definition) is 2. The van der Waals surface area contributed by atoms with E-state index in [1.807, 2.05) is 31.2 Å². The summed E-state index contributed by atoms with van der Waals surface area (Å²) in [6.45, 7) is 2.04. The van der Waals surface area contributed by atoms with E-state index in [-0.39, 0.29) is 17.5 Å². The molecule has 2 heteroatoms. The minimum absolute atomic E-state index is 0.0204. The Morgan fingerprint density at radius 1 is 1.27 bits per heavy atom. The summed E-state index contributed by atoms with van der Waals surface area (Å²) in [5, 5.41) is 9.44. The van der Waals surface area contributed by atoms with E-state index in [1.54, 1.807) is 0 Å². The molecule has 0 unspecified atom stereocenters. The fourth-order valence-electron chi connectivity index (χ4n) is 2.14. The molecular formula is C13H14O2. The quantitative estimate of drug-likeness (QED) is 0.760. The number of carbonyl (C=O) groups is 1. The Morgan fingerprint density at radius 2 is 2.00 bits per heavy atom. The molecule has 0 heterocycles. The normalized spacial score (nSPS) is 21.3. The Morgan fingerprint density at radius 3 is 2.67 bits per heavy atom. The van der Waals surface area contributed by atoms with Crippen molar-refractivity contribution in [3.05, 3.63) is 47.2 Å². The zero-order valence-corrected chi connectivity index (χ0v) is 8.73. The standard InChI is InChI=1S/C13H14O2/c1-9-4-2-3-5-13(9)10-6-11(14)8-12(15)7-10/h2-5,8,10,14H,6-7H2,1H3/t10-/m0/s1. The van der Waals surface area contributed by atoms with E-state index < -0.39 is 0 Å². The summed E-state index contributed by atoms with van der Waals surface area (Å²) in [6.07, 6.45) is 2.43. The molecule has 0 fully saturated rings. The van der Waals surface area contributed by atoms with Crippen molar-refractivity contribution in [3.63, 3.8) is 0 Å². The van der Waals surface area contributed by atoms with Gasteiger partial charge in [0.25, 0.3) is 0 Å². The molecule has 0 aromatic heterocycles. The number of aliphatic hydroxyl groups is 1. The number of aryl methyl sites for hydroxylation is 1. The SMILES string of the molecule is Cc1ccccc1[C@@H]1CC(=O)C=C(O)C1. The summed E-state index contributed by atoms with van der Waals surface area (Å²) in [4.78, 5) is 11.3. The number of ketones is 1. The van der Waals surface area contributed by atoms with Gasteiger partial charge in [-0.2, -0.15) is 0 Å². The third-order valence-corrected chi connectivity index (χ3v) is 2.86. The largest absolute Gasteiger partial charge is 0.512 e. The van der Waals surface area contributed by atoms with Crippen LogP contribution in [0.15, 0.2) is 36.1 Å². The van der Waals surface area contributed by atoms with Gasteiger partial charge in [-0.15, -0.1) is 0 Å². The van der Waals surface area contributed by atoms with E-state index in [4.69, 9.17) is 0 Å². The van der Waals surface area contributed by atoms with Gasteiger partial charge >= 0.3 is 0 Å².